The zero-order valence-corrected chi connectivity index (χ0v) is 13.9. The summed E-state index contributed by atoms with van der Waals surface area (Å²) in [5.74, 6) is 2.46. The van der Waals surface area contributed by atoms with E-state index in [1.165, 1.54) is 48.7 Å². The van der Waals surface area contributed by atoms with Gasteiger partial charge in [-0.2, -0.15) is 0 Å². The largest absolute Gasteiger partial charge is 0.497 e. The first kappa shape index (κ1) is 15.0. The zero-order valence-electron chi connectivity index (χ0n) is 13.9. The summed E-state index contributed by atoms with van der Waals surface area (Å²) in [6, 6.07) is 13.5. The second-order valence-corrected chi connectivity index (χ2v) is 7.26. The second kappa shape index (κ2) is 6.14. The average Bonchev–Trinajstić information content (AvgIpc) is 2.98. The monoisotopic (exact) mass is 310 g/mol. The molecule has 122 valence electrons. The lowest BCUT2D eigenvalue weighted by Crippen LogP contribution is -2.38. The number of hydrogen-bond donors (Lipinski definition) is 1. The molecule has 0 spiro atoms. The third kappa shape index (κ3) is 2.96. The number of benzene rings is 2. The summed E-state index contributed by atoms with van der Waals surface area (Å²) in [7, 11) is 1.72. The molecule has 3 heteroatoms. The van der Waals surface area contributed by atoms with E-state index in [-0.39, 0.29) is 0 Å². The molecule has 2 fully saturated rings. The first-order valence-corrected chi connectivity index (χ1v) is 8.77. The smallest absolute Gasteiger partial charge is 0.119 e. The number of nitrogens with two attached hydrogens (primary N) is 1. The van der Waals surface area contributed by atoms with E-state index >= 15 is 0 Å². The Balaban J connectivity index is 1.50. The molecule has 1 saturated carbocycles. The lowest BCUT2D eigenvalue weighted by molar-refractivity contribution is 0.259. The molecule has 1 aliphatic carbocycles. The minimum absolute atomic E-state index is 0.419. The number of rotatable bonds is 3. The second-order valence-electron chi connectivity index (χ2n) is 7.26. The van der Waals surface area contributed by atoms with Crippen LogP contribution in [0.5, 0.6) is 5.75 Å². The van der Waals surface area contributed by atoms with Crippen molar-refractivity contribution in [2.24, 2.45) is 17.6 Å². The summed E-state index contributed by atoms with van der Waals surface area (Å²) in [4.78, 5) is 2.60. The molecule has 0 amide bonds. The molecule has 2 N–H and O–H groups in total. The predicted molar refractivity (Wildman–Crippen MR) is 94.6 cm³/mol. The first-order chi connectivity index (χ1) is 11.2. The number of fused-ring (bicyclic) bond motifs is 2. The van der Waals surface area contributed by atoms with Gasteiger partial charge in [0, 0.05) is 25.7 Å². The fourth-order valence-electron chi connectivity index (χ4n) is 4.49. The molecule has 4 rings (SSSR count). The Bertz CT molecular complexity index is 699. The van der Waals surface area contributed by atoms with Crippen molar-refractivity contribution in [3.05, 3.63) is 42.0 Å². The molecule has 0 radical (unpaired) electrons. The summed E-state index contributed by atoms with van der Waals surface area (Å²) in [5.41, 5.74) is 7.74. The van der Waals surface area contributed by atoms with Crippen LogP contribution in [0.25, 0.3) is 10.8 Å². The average molecular weight is 310 g/mol. The SMILES string of the molecule is COc1ccc2cc(CN3CC4CCCC(N)C4C3)ccc2c1. The maximum atomic E-state index is 6.34. The van der Waals surface area contributed by atoms with Crippen molar-refractivity contribution in [3.63, 3.8) is 0 Å². The van der Waals surface area contributed by atoms with E-state index in [2.05, 4.69) is 35.2 Å². The Labute approximate surface area is 138 Å². The van der Waals surface area contributed by atoms with E-state index in [9.17, 15) is 0 Å². The molecule has 1 aliphatic heterocycles. The van der Waals surface area contributed by atoms with Gasteiger partial charge < -0.3 is 10.5 Å². The number of ether oxygens (including phenoxy) is 1. The van der Waals surface area contributed by atoms with Gasteiger partial charge in [0.1, 0.15) is 5.75 Å². The third-order valence-corrected chi connectivity index (χ3v) is 5.75. The van der Waals surface area contributed by atoms with Crippen molar-refractivity contribution >= 4 is 10.8 Å². The van der Waals surface area contributed by atoms with Crippen LogP contribution >= 0.6 is 0 Å². The van der Waals surface area contributed by atoms with Crippen molar-refractivity contribution in [1.29, 1.82) is 0 Å². The maximum Gasteiger partial charge on any atom is 0.119 e. The lowest BCUT2D eigenvalue weighted by Gasteiger charge is -2.29. The van der Waals surface area contributed by atoms with Crippen molar-refractivity contribution in [1.82, 2.24) is 4.90 Å². The van der Waals surface area contributed by atoms with Crippen LogP contribution in [0.3, 0.4) is 0 Å². The van der Waals surface area contributed by atoms with Crippen LogP contribution in [0.15, 0.2) is 36.4 Å². The minimum Gasteiger partial charge on any atom is -0.497 e. The molecule has 23 heavy (non-hydrogen) atoms. The van der Waals surface area contributed by atoms with E-state index in [0.29, 0.717) is 12.0 Å². The summed E-state index contributed by atoms with van der Waals surface area (Å²) in [6.07, 6.45) is 3.90. The Kier molecular flexibility index (Phi) is 4.00. The highest BCUT2D eigenvalue weighted by molar-refractivity contribution is 5.84. The summed E-state index contributed by atoms with van der Waals surface area (Å²) in [6.45, 7) is 3.44. The molecule has 0 aromatic heterocycles. The van der Waals surface area contributed by atoms with Gasteiger partial charge in [-0.05, 0) is 59.2 Å². The Morgan fingerprint density at radius 3 is 2.74 bits per heavy atom. The van der Waals surface area contributed by atoms with Gasteiger partial charge in [-0.3, -0.25) is 4.90 Å². The normalized spacial score (nSPS) is 28.0. The predicted octanol–water partition coefficient (Wildman–Crippen LogP) is 3.41. The van der Waals surface area contributed by atoms with Crippen LogP contribution in [0.4, 0.5) is 0 Å². The van der Waals surface area contributed by atoms with Crippen molar-refractivity contribution in [2.75, 3.05) is 20.2 Å². The molecule has 3 nitrogen and oxygen atoms in total. The standard InChI is InChI=1S/C20H26N2O/c1-23-18-8-7-15-9-14(5-6-16(15)10-18)11-22-12-17-3-2-4-20(21)19(17)13-22/h5-10,17,19-20H,2-4,11-13,21H2,1H3. The minimum atomic E-state index is 0.419. The molecule has 2 aliphatic rings. The van der Waals surface area contributed by atoms with Crippen molar-refractivity contribution < 1.29 is 4.74 Å². The quantitative estimate of drug-likeness (QED) is 0.944. The molecule has 1 saturated heterocycles. The van der Waals surface area contributed by atoms with Crippen LogP contribution in [-0.2, 0) is 6.54 Å². The van der Waals surface area contributed by atoms with Crippen molar-refractivity contribution in [2.45, 2.75) is 31.8 Å². The van der Waals surface area contributed by atoms with E-state index in [0.717, 1.165) is 18.2 Å². The van der Waals surface area contributed by atoms with Gasteiger partial charge in [-0.25, -0.2) is 0 Å². The van der Waals surface area contributed by atoms with Gasteiger partial charge in [0.25, 0.3) is 0 Å². The topological polar surface area (TPSA) is 38.5 Å². The van der Waals surface area contributed by atoms with E-state index in [1.807, 2.05) is 6.07 Å². The number of methoxy groups -OCH3 is 1. The Hall–Kier alpha value is -1.58. The van der Waals surface area contributed by atoms with Crippen LogP contribution in [0, 0.1) is 11.8 Å². The Morgan fingerprint density at radius 2 is 1.91 bits per heavy atom. The van der Waals surface area contributed by atoms with Crippen molar-refractivity contribution in [3.8, 4) is 5.75 Å². The number of likely N-dealkylation sites (tertiary alicyclic amines) is 1. The fraction of sp³-hybridized carbons (Fsp3) is 0.500. The van der Waals surface area contributed by atoms with Gasteiger partial charge in [-0.15, -0.1) is 0 Å². The van der Waals surface area contributed by atoms with E-state index < -0.39 is 0 Å². The highest BCUT2D eigenvalue weighted by Gasteiger charge is 2.38. The van der Waals surface area contributed by atoms with Gasteiger partial charge in [0.05, 0.1) is 7.11 Å². The van der Waals surface area contributed by atoms with Crippen LogP contribution in [-0.4, -0.2) is 31.1 Å². The number of nitrogens with zero attached hydrogens (tertiary/aromatic N) is 1. The van der Waals surface area contributed by atoms with Gasteiger partial charge in [-0.1, -0.05) is 24.6 Å². The van der Waals surface area contributed by atoms with Gasteiger partial charge >= 0.3 is 0 Å². The van der Waals surface area contributed by atoms with Crippen LogP contribution < -0.4 is 10.5 Å². The number of hydrogen-bond acceptors (Lipinski definition) is 3. The zero-order chi connectivity index (χ0) is 15.8. The van der Waals surface area contributed by atoms with E-state index in [4.69, 9.17) is 10.5 Å². The lowest BCUT2D eigenvalue weighted by atomic mass is 9.78. The van der Waals surface area contributed by atoms with E-state index in [1.54, 1.807) is 7.11 Å². The molecule has 0 bridgehead atoms. The molecule has 2 aromatic carbocycles. The van der Waals surface area contributed by atoms with Crippen LogP contribution in [0.1, 0.15) is 24.8 Å². The highest BCUT2D eigenvalue weighted by atomic mass is 16.5. The Morgan fingerprint density at radius 1 is 1.09 bits per heavy atom. The van der Waals surface area contributed by atoms with Gasteiger partial charge in [0.15, 0.2) is 0 Å². The molecule has 2 aromatic rings. The molecular weight excluding hydrogens is 284 g/mol. The van der Waals surface area contributed by atoms with Crippen LogP contribution in [0.2, 0.25) is 0 Å². The highest BCUT2D eigenvalue weighted by Crippen LogP contribution is 2.36. The fourth-order valence-corrected chi connectivity index (χ4v) is 4.49. The third-order valence-electron chi connectivity index (χ3n) is 5.75. The molecule has 1 heterocycles. The summed E-state index contributed by atoms with van der Waals surface area (Å²) < 4.78 is 5.30. The molecular formula is C20H26N2O. The maximum absolute atomic E-state index is 6.34. The molecule has 3 atom stereocenters. The first-order valence-electron chi connectivity index (χ1n) is 8.77. The van der Waals surface area contributed by atoms with Gasteiger partial charge in [0.2, 0.25) is 0 Å². The summed E-state index contributed by atoms with van der Waals surface area (Å²) >= 11 is 0. The summed E-state index contributed by atoms with van der Waals surface area (Å²) in [5, 5.41) is 2.53. The molecule has 3 unspecified atom stereocenters.